The number of H-pyrrole nitrogens is 1. The fourth-order valence-electron chi connectivity index (χ4n) is 2.96. The highest BCUT2D eigenvalue weighted by atomic mass is 16.3. The number of para-hydroxylation sites is 1. The zero-order chi connectivity index (χ0) is 20.3. The van der Waals surface area contributed by atoms with E-state index in [1.165, 1.54) is 11.8 Å². The van der Waals surface area contributed by atoms with E-state index in [-0.39, 0.29) is 5.56 Å². The molecule has 0 spiro atoms. The van der Waals surface area contributed by atoms with Crippen LogP contribution >= 0.6 is 0 Å². The fraction of sp³-hybridized carbons (Fsp3) is 0.227. The third kappa shape index (κ3) is 3.81. The molecule has 0 saturated carbocycles. The van der Waals surface area contributed by atoms with Crippen LogP contribution in [0.3, 0.4) is 0 Å². The van der Waals surface area contributed by atoms with Crippen LogP contribution in [0.4, 0.5) is 5.69 Å². The molecule has 0 radical (unpaired) electrons. The molecule has 3 rings (SSSR count). The Balaban J connectivity index is 2.02. The summed E-state index contributed by atoms with van der Waals surface area (Å²) < 4.78 is 1.07. The van der Waals surface area contributed by atoms with E-state index in [9.17, 15) is 14.7 Å². The molecule has 0 aliphatic heterocycles. The van der Waals surface area contributed by atoms with E-state index in [2.05, 4.69) is 23.8 Å². The van der Waals surface area contributed by atoms with Crippen LogP contribution in [0, 0.1) is 6.92 Å². The van der Waals surface area contributed by atoms with Gasteiger partial charge < -0.3 is 5.11 Å². The molecule has 0 aliphatic carbocycles. The lowest BCUT2D eigenvalue weighted by atomic mass is 9.99. The molecule has 1 atom stereocenters. The SMILES string of the molecule is CC[C@@H](C)c1ccc(N=Cc2c(O)n(-c3ccccc3C)c(=O)[nH]c2=O)cc1. The molecule has 1 aromatic heterocycles. The van der Waals surface area contributed by atoms with Crippen LogP contribution in [-0.2, 0) is 0 Å². The highest BCUT2D eigenvalue weighted by Gasteiger charge is 2.15. The Hall–Kier alpha value is -3.41. The van der Waals surface area contributed by atoms with Crippen LogP contribution < -0.4 is 11.2 Å². The smallest absolute Gasteiger partial charge is 0.335 e. The van der Waals surface area contributed by atoms with E-state index in [1.807, 2.05) is 43.3 Å². The van der Waals surface area contributed by atoms with Gasteiger partial charge in [0.1, 0.15) is 5.56 Å². The third-order valence-corrected chi connectivity index (χ3v) is 4.89. The predicted octanol–water partition coefficient (Wildman–Crippen LogP) is 3.80. The Bertz CT molecular complexity index is 1120. The lowest BCUT2D eigenvalue weighted by Crippen LogP contribution is -2.31. The van der Waals surface area contributed by atoms with Crippen LogP contribution in [0.5, 0.6) is 5.88 Å². The molecule has 6 heteroatoms. The van der Waals surface area contributed by atoms with Gasteiger partial charge in [-0.25, -0.2) is 9.36 Å². The summed E-state index contributed by atoms with van der Waals surface area (Å²) in [5.74, 6) is 0.0191. The Morgan fingerprint density at radius 1 is 1.14 bits per heavy atom. The maximum absolute atomic E-state index is 12.3. The highest BCUT2D eigenvalue weighted by molar-refractivity contribution is 5.84. The number of rotatable bonds is 5. The molecule has 144 valence electrons. The second kappa shape index (κ2) is 8.08. The Morgan fingerprint density at radius 3 is 2.46 bits per heavy atom. The van der Waals surface area contributed by atoms with Crippen molar-refractivity contribution in [3.8, 4) is 11.6 Å². The number of hydrogen-bond donors (Lipinski definition) is 2. The maximum Gasteiger partial charge on any atom is 0.335 e. The number of aliphatic imine (C=N–C) groups is 1. The first-order valence-corrected chi connectivity index (χ1v) is 9.20. The Labute approximate surface area is 162 Å². The summed E-state index contributed by atoms with van der Waals surface area (Å²) in [4.78, 5) is 31.0. The van der Waals surface area contributed by atoms with Crippen molar-refractivity contribution in [3.05, 3.63) is 86.1 Å². The normalized spacial score (nSPS) is 12.4. The van der Waals surface area contributed by atoms with Gasteiger partial charge in [0, 0.05) is 6.21 Å². The van der Waals surface area contributed by atoms with E-state index < -0.39 is 17.1 Å². The summed E-state index contributed by atoms with van der Waals surface area (Å²) in [5, 5.41) is 10.6. The van der Waals surface area contributed by atoms with Gasteiger partial charge in [-0.3, -0.25) is 14.8 Å². The molecule has 0 bridgehead atoms. The first-order chi connectivity index (χ1) is 13.4. The van der Waals surface area contributed by atoms with E-state index in [1.54, 1.807) is 12.1 Å². The predicted molar refractivity (Wildman–Crippen MR) is 111 cm³/mol. The van der Waals surface area contributed by atoms with Gasteiger partial charge >= 0.3 is 5.69 Å². The Kier molecular flexibility index (Phi) is 5.59. The zero-order valence-corrected chi connectivity index (χ0v) is 16.1. The van der Waals surface area contributed by atoms with Crippen LogP contribution in [0.15, 0.2) is 63.1 Å². The summed E-state index contributed by atoms with van der Waals surface area (Å²) in [6.07, 6.45) is 2.33. The molecule has 2 aromatic carbocycles. The average molecular weight is 377 g/mol. The number of nitrogens with zero attached hydrogens (tertiary/aromatic N) is 2. The van der Waals surface area contributed by atoms with Crippen molar-refractivity contribution in [1.82, 2.24) is 9.55 Å². The first kappa shape index (κ1) is 19.4. The standard InChI is InChI=1S/C22H23N3O3/c1-4-14(2)16-9-11-17(12-10-16)23-13-18-20(26)24-22(28)25(21(18)27)19-8-6-5-7-15(19)3/h5-14,27H,4H2,1-3H3,(H,24,26,28)/t14-/m1/s1. The number of nitrogens with one attached hydrogen (secondary N) is 1. The van der Waals surface area contributed by atoms with Crippen LogP contribution in [-0.4, -0.2) is 20.9 Å². The fourth-order valence-corrected chi connectivity index (χ4v) is 2.96. The van der Waals surface area contributed by atoms with Crippen LogP contribution in [0.2, 0.25) is 0 Å². The molecule has 1 heterocycles. The van der Waals surface area contributed by atoms with Crippen molar-refractivity contribution in [2.75, 3.05) is 0 Å². The molecule has 0 fully saturated rings. The quantitative estimate of drug-likeness (QED) is 0.663. The molecule has 0 unspecified atom stereocenters. The number of hydrogen-bond acceptors (Lipinski definition) is 4. The first-order valence-electron chi connectivity index (χ1n) is 9.20. The van der Waals surface area contributed by atoms with Gasteiger partial charge in [-0.15, -0.1) is 0 Å². The maximum atomic E-state index is 12.3. The minimum Gasteiger partial charge on any atom is -0.493 e. The van der Waals surface area contributed by atoms with Crippen molar-refractivity contribution in [2.45, 2.75) is 33.1 Å². The van der Waals surface area contributed by atoms with E-state index >= 15 is 0 Å². The van der Waals surface area contributed by atoms with E-state index in [0.717, 1.165) is 16.6 Å². The molecule has 2 N–H and O–H groups in total. The third-order valence-electron chi connectivity index (χ3n) is 4.89. The summed E-state index contributed by atoms with van der Waals surface area (Å²) in [6, 6.07) is 14.8. The lowest BCUT2D eigenvalue weighted by Gasteiger charge is -2.11. The summed E-state index contributed by atoms with van der Waals surface area (Å²) in [7, 11) is 0. The van der Waals surface area contributed by atoms with Gasteiger partial charge in [0.05, 0.1) is 11.4 Å². The minimum atomic E-state index is -0.702. The molecule has 6 nitrogen and oxygen atoms in total. The molecular formula is C22H23N3O3. The van der Waals surface area contributed by atoms with Crippen molar-refractivity contribution < 1.29 is 5.11 Å². The Morgan fingerprint density at radius 2 is 1.82 bits per heavy atom. The van der Waals surface area contributed by atoms with Gasteiger partial charge in [0.2, 0.25) is 5.88 Å². The van der Waals surface area contributed by atoms with Crippen LogP contribution in [0.1, 0.15) is 42.9 Å². The molecule has 0 amide bonds. The number of aryl methyl sites for hydroxylation is 1. The zero-order valence-electron chi connectivity index (χ0n) is 16.1. The summed E-state index contributed by atoms with van der Waals surface area (Å²) in [6.45, 7) is 6.11. The van der Waals surface area contributed by atoms with Crippen molar-refractivity contribution in [1.29, 1.82) is 0 Å². The molecule has 28 heavy (non-hydrogen) atoms. The van der Waals surface area contributed by atoms with Crippen molar-refractivity contribution in [2.24, 2.45) is 4.99 Å². The van der Waals surface area contributed by atoms with Crippen LogP contribution in [0.25, 0.3) is 5.69 Å². The highest BCUT2D eigenvalue weighted by Crippen LogP contribution is 2.22. The molecule has 0 aliphatic rings. The van der Waals surface area contributed by atoms with E-state index in [0.29, 0.717) is 17.3 Å². The lowest BCUT2D eigenvalue weighted by molar-refractivity contribution is 0.430. The summed E-state index contributed by atoms with van der Waals surface area (Å²) in [5.41, 5.74) is 1.69. The number of benzene rings is 2. The van der Waals surface area contributed by atoms with Gasteiger partial charge in [-0.05, 0) is 48.6 Å². The molecule has 0 saturated heterocycles. The van der Waals surface area contributed by atoms with Gasteiger partial charge in [0.25, 0.3) is 5.56 Å². The van der Waals surface area contributed by atoms with Crippen molar-refractivity contribution in [3.63, 3.8) is 0 Å². The largest absolute Gasteiger partial charge is 0.493 e. The monoisotopic (exact) mass is 377 g/mol. The van der Waals surface area contributed by atoms with Gasteiger partial charge in [-0.1, -0.05) is 44.2 Å². The van der Waals surface area contributed by atoms with Gasteiger partial charge in [0.15, 0.2) is 0 Å². The number of aromatic amines is 1. The summed E-state index contributed by atoms with van der Waals surface area (Å²) >= 11 is 0. The molecule has 3 aromatic rings. The average Bonchev–Trinajstić information content (AvgIpc) is 2.69. The van der Waals surface area contributed by atoms with Crippen molar-refractivity contribution >= 4 is 11.9 Å². The second-order valence-electron chi connectivity index (χ2n) is 6.78. The number of aromatic nitrogens is 2. The molecular weight excluding hydrogens is 354 g/mol. The van der Waals surface area contributed by atoms with E-state index in [4.69, 9.17) is 0 Å². The van der Waals surface area contributed by atoms with Gasteiger partial charge in [-0.2, -0.15) is 0 Å². The minimum absolute atomic E-state index is 0.0751. The second-order valence-corrected chi connectivity index (χ2v) is 6.78. The topological polar surface area (TPSA) is 87.4 Å². The number of aromatic hydroxyl groups is 1.